The second-order valence-electron chi connectivity index (χ2n) is 1.66. The molecule has 0 aromatic carbocycles. The van der Waals surface area contributed by atoms with Gasteiger partial charge in [0.25, 0.3) is 0 Å². The van der Waals surface area contributed by atoms with Gasteiger partial charge in [-0.25, -0.2) is 5.01 Å². The molecule has 4 heteroatoms. The van der Waals surface area contributed by atoms with Crippen LogP contribution in [0.4, 0.5) is 0 Å². The average Bonchev–Trinajstić information content (AvgIpc) is 2.17. The van der Waals surface area contributed by atoms with E-state index in [0.29, 0.717) is 0 Å². The van der Waals surface area contributed by atoms with Gasteiger partial charge in [-0.1, -0.05) is 0 Å². The summed E-state index contributed by atoms with van der Waals surface area (Å²) >= 11 is 0. The molecule has 42 valence electrons. The van der Waals surface area contributed by atoms with Crippen molar-refractivity contribution in [3.05, 3.63) is 0 Å². The fraction of sp³-hybridized carbons (Fsp3) is 1.00. The Morgan fingerprint density at radius 2 is 2.14 bits per heavy atom. The van der Waals surface area contributed by atoms with Crippen LogP contribution in [0.2, 0.25) is 0 Å². The van der Waals surface area contributed by atoms with Crippen LogP contribution in [0.3, 0.4) is 0 Å². The molecule has 0 aromatic rings. The topological polar surface area (TPSA) is 67.8 Å². The standard InChI is InChI=1S/C3H9N3O/c1-6(5)3-2(4)7-3/h2-3H,4-5H2,1H3. The molecule has 1 rings (SSSR count). The number of likely N-dealkylation sites (N-methyl/N-ethyl adjacent to an activating group) is 1. The molecule has 1 saturated heterocycles. The molecule has 4 nitrogen and oxygen atoms in total. The first kappa shape index (κ1) is 4.99. The van der Waals surface area contributed by atoms with Gasteiger partial charge in [0.2, 0.25) is 0 Å². The number of ether oxygens (including phenoxy) is 1. The largest absolute Gasteiger partial charge is 0.336 e. The maximum Gasteiger partial charge on any atom is 0.164 e. The molecule has 2 unspecified atom stereocenters. The van der Waals surface area contributed by atoms with Gasteiger partial charge in [-0.05, 0) is 0 Å². The molecule has 0 amide bonds. The maximum absolute atomic E-state index is 5.22. The Labute approximate surface area is 42.0 Å². The molecular formula is C3H9N3O. The third-order valence-electron chi connectivity index (χ3n) is 0.902. The highest BCUT2D eigenvalue weighted by molar-refractivity contribution is 4.74. The molecule has 1 aliphatic heterocycles. The van der Waals surface area contributed by atoms with Gasteiger partial charge < -0.3 is 10.5 Å². The molecule has 0 aromatic heterocycles. The Morgan fingerprint density at radius 3 is 2.14 bits per heavy atom. The van der Waals surface area contributed by atoms with E-state index in [9.17, 15) is 0 Å². The van der Waals surface area contributed by atoms with E-state index in [0.717, 1.165) is 0 Å². The third-order valence-corrected chi connectivity index (χ3v) is 0.902. The number of hydrogen-bond acceptors (Lipinski definition) is 4. The second-order valence-corrected chi connectivity index (χ2v) is 1.66. The summed E-state index contributed by atoms with van der Waals surface area (Å²) in [5.41, 5.74) is 5.22. The van der Waals surface area contributed by atoms with Crippen LogP contribution in [0.15, 0.2) is 0 Å². The van der Waals surface area contributed by atoms with Crippen molar-refractivity contribution in [1.29, 1.82) is 0 Å². The number of rotatable bonds is 1. The molecule has 0 spiro atoms. The first-order chi connectivity index (χ1) is 3.22. The van der Waals surface area contributed by atoms with Gasteiger partial charge in [0.05, 0.1) is 0 Å². The fourth-order valence-electron chi connectivity index (χ4n) is 0.443. The van der Waals surface area contributed by atoms with Crippen LogP contribution in [0.25, 0.3) is 0 Å². The number of hydrazine groups is 1. The van der Waals surface area contributed by atoms with Crippen molar-refractivity contribution in [2.45, 2.75) is 12.5 Å². The first-order valence-corrected chi connectivity index (χ1v) is 2.10. The molecule has 0 radical (unpaired) electrons. The zero-order valence-electron chi connectivity index (χ0n) is 4.16. The summed E-state index contributed by atoms with van der Waals surface area (Å²) in [5.74, 6) is 5.22. The van der Waals surface area contributed by atoms with Crippen molar-refractivity contribution < 1.29 is 4.74 Å². The van der Waals surface area contributed by atoms with Gasteiger partial charge >= 0.3 is 0 Å². The quantitative estimate of drug-likeness (QED) is 0.239. The SMILES string of the molecule is CN(N)C1OC1N. The van der Waals surface area contributed by atoms with Gasteiger partial charge in [-0.2, -0.15) is 0 Å². The number of hydrogen-bond donors (Lipinski definition) is 2. The van der Waals surface area contributed by atoms with E-state index < -0.39 is 0 Å². The van der Waals surface area contributed by atoms with Crippen LogP contribution in [0, 0.1) is 0 Å². The lowest BCUT2D eigenvalue weighted by atomic mass is 10.6. The summed E-state index contributed by atoms with van der Waals surface area (Å²) < 4.78 is 4.76. The molecule has 7 heavy (non-hydrogen) atoms. The minimum absolute atomic E-state index is 0.0417. The predicted molar refractivity (Wildman–Crippen MR) is 24.8 cm³/mol. The summed E-state index contributed by atoms with van der Waals surface area (Å²) in [5, 5.41) is 1.45. The zero-order valence-corrected chi connectivity index (χ0v) is 4.16. The lowest BCUT2D eigenvalue weighted by Gasteiger charge is -2.00. The van der Waals surface area contributed by atoms with Gasteiger partial charge in [-0.3, -0.25) is 5.84 Å². The van der Waals surface area contributed by atoms with E-state index in [-0.39, 0.29) is 12.5 Å². The first-order valence-electron chi connectivity index (χ1n) is 2.10. The third kappa shape index (κ3) is 0.889. The monoisotopic (exact) mass is 103 g/mol. The molecule has 1 fully saturated rings. The van der Waals surface area contributed by atoms with E-state index in [1.165, 1.54) is 5.01 Å². The van der Waals surface area contributed by atoms with Gasteiger partial charge in [-0.15, -0.1) is 0 Å². The summed E-state index contributed by atoms with van der Waals surface area (Å²) in [4.78, 5) is 0. The van der Waals surface area contributed by atoms with Crippen LogP contribution < -0.4 is 11.6 Å². The number of epoxide rings is 1. The Hall–Kier alpha value is -0.160. The normalized spacial score (nSPS) is 39.4. The van der Waals surface area contributed by atoms with Gasteiger partial charge in [0.1, 0.15) is 6.23 Å². The van der Waals surface area contributed by atoms with Crippen LogP contribution in [0.5, 0.6) is 0 Å². The lowest BCUT2D eigenvalue weighted by molar-refractivity contribution is 0.214. The smallest absolute Gasteiger partial charge is 0.164 e. The molecular weight excluding hydrogens is 94.1 g/mol. The Bertz CT molecular complexity index is 74.6. The molecule has 0 aliphatic carbocycles. The molecule has 1 heterocycles. The molecule has 0 bridgehead atoms. The van der Waals surface area contributed by atoms with Crippen LogP contribution in [-0.2, 0) is 4.74 Å². The molecule has 0 saturated carbocycles. The molecule has 4 N–H and O–H groups in total. The molecule has 1 aliphatic rings. The fourth-order valence-corrected chi connectivity index (χ4v) is 0.443. The Morgan fingerprint density at radius 1 is 1.71 bits per heavy atom. The summed E-state index contributed by atoms with van der Waals surface area (Å²) in [7, 11) is 1.72. The predicted octanol–water partition coefficient (Wildman–Crippen LogP) is -1.57. The average molecular weight is 103 g/mol. The Kier molecular flexibility index (Phi) is 1.01. The number of nitrogens with two attached hydrogens (primary N) is 2. The minimum atomic E-state index is -0.157. The zero-order chi connectivity index (χ0) is 5.44. The highest BCUT2D eigenvalue weighted by Crippen LogP contribution is 2.15. The van der Waals surface area contributed by atoms with Gasteiger partial charge in [0, 0.05) is 7.05 Å². The highest BCUT2D eigenvalue weighted by Gasteiger charge is 2.37. The van der Waals surface area contributed by atoms with Crippen molar-refractivity contribution in [3.8, 4) is 0 Å². The van der Waals surface area contributed by atoms with Crippen molar-refractivity contribution >= 4 is 0 Å². The second kappa shape index (κ2) is 1.41. The Balaban J connectivity index is 2.20. The maximum atomic E-state index is 5.22. The minimum Gasteiger partial charge on any atom is -0.336 e. The van der Waals surface area contributed by atoms with E-state index >= 15 is 0 Å². The van der Waals surface area contributed by atoms with Crippen LogP contribution in [-0.4, -0.2) is 24.5 Å². The van der Waals surface area contributed by atoms with Gasteiger partial charge in [0.15, 0.2) is 6.23 Å². The van der Waals surface area contributed by atoms with Crippen LogP contribution >= 0.6 is 0 Å². The van der Waals surface area contributed by atoms with E-state index in [1.807, 2.05) is 0 Å². The van der Waals surface area contributed by atoms with Crippen molar-refractivity contribution in [3.63, 3.8) is 0 Å². The summed E-state index contributed by atoms with van der Waals surface area (Å²) in [6, 6.07) is 0. The molecule has 2 atom stereocenters. The van der Waals surface area contributed by atoms with E-state index in [4.69, 9.17) is 16.3 Å². The lowest BCUT2D eigenvalue weighted by Crippen LogP contribution is -2.32. The van der Waals surface area contributed by atoms with Crippen LogP contribution in [0.1, 0.15) is 0 Å². The van der Waals surface area contributed by atoms with E-state index in [2.05, 4.69) is 0 Å². The van der Waals surface area contributed by atoms with E-state index in [1.54, 1.807) is 7.05 Å². The summed E-state index contributed by atoms with van der Waals surface area (Å²) in [6.07, 6.45) is -0.199. The highest BCUT2D eigenvalue weighted by atomic mass is 16.6. The summed E-state index contributed by atoms with van der Waals surface area (Å²) in [6.45, 7) is 0. The van der Waals surface area contributed by atoms with Crippen molar-refractivity contribution in [2.75, 3.05) is 7.05 Å². The van der Waals surface area contributed by atoms with Crippen molar-refractivity contribution in [2.24, 2.45) is 11.6 Å². The van der Waals surface area contributed by atoms with Crippen molar-refractivity contribution in [1.82, 2.24) is 5.01 Å². The number of nitrogens with zero attached hydrogens (tertiary/aromatic N) is 1.